The van der Waals surface area contributed by atoms with Crippen molar-refractivity contribution in [3.05, 3.63) is 82.2 Å². The largest absolute Gasteiger partial charge is 0.495 e. The van der Waals surface area contributed by atoms with Crippen LogP contribution in [0.25, 0.3) is 0 Å². The lowest BCUT2D eigenvalue weighted by Gasteiger charge is -2.15. The number of hydrogen-bond acceptors (Lipinski definition) is 2. The van der Waals surface area contributed by atoms with Gasteiger partial charge in [-0.2, -0.15) is 0 Å². The smallest absolute Gasteiger partial charge is 0.272 e. The topological polar surface area (TPSA) is 43.3 Å². The van der Waals surface area contributed by atoms with E-state index in [0.29, 0.717) is 23.7 Å². The summed E-state index contributed by atoms with van der Waals surface area (Å²) in [5.74, 6) is 0.525. The van der Waals surface area contributed by atoms with Crippen LogP contribution in [-0.2, 0) is 6.54 Å². The first-order chi connectivity index (χ1) is 12.9. The van der Waals surface area contributed by atoms with Gasteiger partial charge in [0.05, 0.1) is 12.8 Å². The Morgan fingerprint density at radius 1 is 0.963 bits per heavy atom. The lowest BCUT2D eigenvalue weighted by molar-refractivity contribution is 0.101. The van der Waals surface area contributed by atoms with Crippen LogP contribution in [0.1, 0.15) is 38.4 Å². The maximum absolute atomic E-state index is 13.1. The third kappa shape index (κ3) is 4.05. The predicted octanol–water partition coefficient (Wildman–Crippen LogP) is 5.03. The predicted molar refractivity (Wildman–Crippen MR) is 110 cm³/mol. The zero-order valence-corrected chi connectivity index (χ0v) is 16.6. The molecule has 140 valence electrons. The zero-order chi connectivity index (χ0) is 19.6. The number of ether oxygens (including phenoxy) is 1. The Morgan fingerprint density at radius 2 is 1.63 bits per heavy atom. The molecule has 4 heteroatoms. The number of anilines is 1. The molecule has 0 bridgehead atoms. The first kappa shape index (κ1) is 18.8. The number of carbonyl (C=O) groups excluding carboxylic acids is 1. The van der Waals surface area contributed by atoms with Crippen LogP contribution in [-0.4, -0.2) is 17.6 Å². The molecule has 0 spiro atoms. The molecule has 1 N–H and O–H groups in total. The quantitative estimate of drug-likeness (QED) is 0.692. The van der Waals surface area contributed by atoms with Crippen LogP contribution < -0.4 is 10.1 Å². The molecule has 0 unspecified atom stereocenters. The highest BCUT2D eigenvalue weighted by atomic mass is 16.5. The Kier molecular flexibility index (Phi) is 5.36. The van der Waals surface area contributed by atoms with E-state index in [0.717, 1.165) is 16.8 Å². The van der Waals surface area contributed by atoms with Gasteiger partial charge < -0.3 is 14.6 Å². The van der Waals surface area contributed by atoms with Crippen molar-refractivity contribution in [1.29, 1.82) is 0 Å². The van der Waals surface area contributed by atoms with Crippen molar-refractivity contribution in [1.82, 2.24) is 4.57 Å². The lowest BCUT2D eigenvalue weighted by atomic mass is 10.1. The van der Waals surface area contributed by atoms with Crippen molar-refractivity contribution in [2.45, 2.75) is 34.2 Å². The second-order valence-corrected chi connectivity index (χ2v) is 7.05. The van der Waals surface area contributed by atoms with Crippen molar-refractivity contribution in [2.24, 2.45) is 0 Å². The van der Waals surface area contributed by atoms with E-state index in [2.05, 4.69) is 47.1 Å². The molecule has 0 aliphatic carbocycles. The van der Waals surface area contributed by atoms with Crippen LogP contribution in [0.3, 0.4) is 0 Å². The van der Waals surface area contributed by atoms with Gasteiger partial charge in [-0.25, -0.2) is 0 Å². The maximum atomic E-state index is 13.1. The second kappa shape index (κ2) is 7.70. The number of amides is 1. The van der Waals surface area contributed by atoms with E-state index in [-0.39, 0.29) is 5.91 Å². The van der Waals surface area contributed by atoms with Crippen LogP contribution in [0.2, 0.25) is 0 Å². The van der Waals surface area contributed by atoms with E-state index in [4.69, 9.17) is 4.74 Å². The Balaban J connectivity index is 1.93. The summed E-state index contributed by atoms with van der Waals surface area (Å²) in [5, 5.41) is 3.02. The highest BCUT2D eigenvalue weighted by Crippen LogP contribution is 2.27. The number of hydrogen-bond donors (Lipinski definition) is 1. The maximum Gasteiger partial charge on any atom is 0.272 e. The number of rotatable bonds is 5. The van der Waals surface area contributed by atoms with Crippen molar-refractivity contribution in [3.63, 3.8) is 0 Å². The van der Waals surface area contributed by atoms with Gasteiger partial charge in [-0.05, 0) is 62.6 Å². The summed E-state index contributed by atoms with van der Waals surface area (Å²) in [6, 6.07) is 16.2. The molecular weight excluding hydrogens is 336 g/mol. The minimum Gasteiger partial charge on any atom is -0.495 e. The Morgan fingerprint density at radius 3 is 2.30 bits per heavy atom. The van der Waals surface area contributed by atoms with Gasteiger partial charge >= 0.3 is 0 Å². The molecule has 1 heterocycles. The molecule has 1 aromatic heterocycles. The number of aryl methyl sites for hydroxylation is 4. The first-order valence-electron chi connectivity index (χ1n) is 9.07. The molecule has 0 saturated carbocycles. The van der Waals surface area contributed by atoms with Crippen LogP contribution in [0, 0.1) is 27.7 Å². The van der Waals surface area contributed by atoms with Gasteiger partial charge in [0.1, 0.15) is 11.4 Å². The molecule has 3 aromatic rings. The molecule has 0 atom stereocenters. The monoisotopic (exact) mass is 362 g/mol. The summed E-state index contributed by atoms with van der Waals surface area (Å²) in [6.07, 6.45) is 0. The molecule has 3 rings (SSSR count). The van der Waals surface area contributed by atoms with Crippen LogP contribution in [0.15, 0.2) is 48.5 Å². The standard InChI is InChI=1S/C23H26N2O2/c1-15-6-9-19(10-7-15)14-25-18(4)13-17(3)22(25)23(26)24-20-12-16(2)8-11-21(20)27-5/h6-13H,14H2,1-5H3,(H,24,26). The number of aromatic nitrogens is 1. The average Bonchev–Trinajstić information content (AvgIpc) is 2.90. The number of nitrogens with one attached hydrogen (secondary N) is 1. The molecular formula is C23H26N2O2. The molecule has 0 aliphatic heterocycles. The van der Waals surface area contributed by atoms with Gasteiger partial charge in [-0.1, -0.05) is 35.9 Å². The summed E-state index contributed by atoms with van der Waals surface area (Å²) in [6.45, 7) is 8.73. The van der Waals surface area contributed by atoms with E-state index >= 15 is 0 Å². The van der Waals surface area contributed by atoms with Gasteiger partial charge in [0.25, 0.3) is 5.91 Å². The summed E-state index contributed by atoms with van der Waals surface area (Å²) < 4.78 is 7.46. The van der Waals surface area contributed by atoms with E-state index in [1.165, 1.54) is 11.1 Å². The Hall–Kier alpha value is -3.01. The summed E-state index contributed by atoms with van der Waals surface area (Å²) >= 11 is 0. The molecule has 0 radical (unpaired) electrons. The van der Waals surface area contributed by atoms with Crippen molar-refractivity contribution < 1.29 is 9.53 Å². The Labute approximate surface area is 160 Å². The zero-order valence-electron chi connectivity index (χ0n) is 16.6. The SMILES string of the molecule is COc1ccc(C)cc1NC(=O)c1c(C)cc(C)n1Cc1ccc(C)cc1. The summed E-state index contributed by atoms with van der Waals surface area (Å²) in [4.78, 5) is 13.1. The van der Waals surface area contributed by atoms with Gasteiger partial charge in [0.15, 0.2) is 0 Å². The molecule has 27 heavy (non-hydrogen) atoms. The lowest BCUT2D eigenvalue weighted by Crippen LogP contribution is -2.19. The van der Waals surface area contributed by atoms with Gasteiger partial charge in [-0.15, -0.1) is 0 Å². The highest BCUT2D eigenvalue weighted by Gasteiger charge is 2.19. The number of methoxy groups -OCH3 is 1. The van der Waals surface area contributed by atoms with Crippen LogP contribution >= 0.6 is 0 Å². The fraction of sp³-hybridized carbons (Fsp3) is 0.261. The number of benzene rings is 2. The van der Waals surface area contributed by atoms with Crippen LogP contribution in [0.4, 0.5) is 5.69 Å². The van der Waals surface area contributed by atoms with E-state index in [1.807, 2.05) is 39.0 Å². The van der Waals surface area contributed by atoms with Crippen molar-refractivity contribution in [3.8, 4) is 5.75 Å². The van der Waals surface area contributed by atoms with E-state index in [9.17, 15) is 4.79 Å². The van der Waals surface area contributed by atoms with E-state index < -0.39 is 0 Å². The summed E-state index contributed by atoms with van der Waals surface area (Å²) in [5.41, 5.74) is 6.84. The first-order valence-corrected chi connectivity index (χ1v) is 9.07. The fourth-order valence-corrected chi connectivity index (χ4v) is 3.33. The molecule has 0 fully saturated rings. The normalized spacial score (nSPS) is 10.7. The minimum atomic E-state index is -0.128. The van der Waals surface area contributed by atoms with Gasteiger partial charge in [-0.3, -0.25) is 4.79 Å². The second-order valence-electron chi connectivity index (χ2n) is 7.05. The highest BCUT2D eigenvalue weighted by molar-refractivity contribution is 6.05. The Bertz CT molecular complexity index is 969. The minimum absolute atomic E-state index is 0.128. The molecule has 0 saturated heterocycles. The average molecular weight is 362 g/mol. The fourth-order valence-electron chi connectivity index (χ4n) is 3.33. The van der Waals surface area contributed by atoms with Gasteiger partial charge in [0.2, 0.25) is 0 Å². The van der Waals surface area contributed by atoms with Crippen molar-refractivity contribution >= 4 is 11.6 Å². The third-order valence-corrected chi connectivity index (χ3v) is 4.77. The summed E-state index contributed by atoms with van der Waals surface area (Å²) in [7, 11) is 1.61. The third-order valence-electron chi connectivity index (χ3n) is 4.77. The molecule has 0 aliphatic rings. The molecule has 4 nitrogen and oxygen atoms in total. The number of carbonyl (C=O) groups is 1. The van der Waals surface area contributed by atoms with Crippen molar-refractivity contribution in [2.75, 3.05) is 12.4 Å². The molecule has 1 amide bonds. The van der Waals surface area contributed by atoms with E-state index in [1.54, 1.807) is 7.11 Å². The number of nitrogens with zero attached hydrogens (tertiary/aromatic N) is 1. The molecule has 2 aromatic carbocycles. The van der Waals surface area contributed by atoms with Gasteiger partial charge in [0, 0.05) is 12.2 Å². The van der Waals surface area contributed by atoms with Crippen LogP contribution in [0.5, 0.6) is 5.75 Å².